The van der Waals surface area contributed by atoms with E-state index in [2.05, 4.69) is 9.62 Å². The molecule has 9 nitrogen and oxygen atoms in total. The molecular weight excluding hydrogens is 604 g/mol. The lowest BCUT2D eigenvalue weighted by molar-refractivity contribution is -0.151. The van der Waals surface area contributed by atoms with Crippen molar-refractivity contribution in [2.75, 3.05) is 18.0 Å². The van der Waals surface area contributed by atoms with E-state index < -0.39 is 32.8 Å². The third-order valence-corrected chi connectivity index (χ3v) is 12.2. The van der Waals surface area contributed by atoms with E-state index in [0.29, 0.717) is 49.0 Å². The molecule has 1 amide bonds. The number of halogens is 1. The second-order valence-corrected chi connectivity index (χ2v) is 15.4. The van der Waals surface area contributed by atoms with E-state index in [-0.39, 0.29) is 36.2 Å². The number of amides is 1. The molecule has 1 fully saturated rings. The van der Waals surface area contributed by atoms with Crippen LogP contribution in [0.5, 0.6) is 5.75 Å². The highest BCUT2D eigenvalue weighted by Gasteiger charge is 2.48. The van der Waals surface area contributed by atoms with Crippen LogP contribution in [0.15, 0.2) is 36.4 Å². The van der Waals surface area contributed by atoms with E-state index in [9.17, 15) is 28.2 Å². The predicted octanol–water partition coefficient (Wildman–Crippen LogP) is 5.56. The van der Waals surface area contributed by atoms with Gasteiger partial charge in [0.25, 0.3) is 5.91 Å². The summed E-state index contributed by atoms with van der Waals surface area (Å²) in [4.78, 5) is 27.4. The summed E-state index contributed by atoms with van der Waals surface area (Å²) in [5.74, 6) is -1.64. The average Bonchev–Trinajstić information content (AvgIpc) is 2.96. The number of nitrogens with zero attached hydrogens (tertiary/aromatic N) is 1. The number of aliphatic hydroxyl groups is 1. The molecule has 240 valence electrons. The van der Waals surface area contributed by atoms with Crippen molar-refractivity contribution >= 4 is 39.2 Å². The number of carbonyl (C=O) groups excluding carboxylic acids is 1. The number of nitrogens with one attached hydrogen (secondary N) is 1. The zero-order chi connectivity index (χ0) is 31.6. The summed E-state index contributed by atoms with van der Waals surface area (Å²) in [5, 5.41) is 21.4. The number of hydrogen-bond donors (Lipinski definition) is 3. The van der Waals surface area contributed by atoms with Crippen LogP contribution in [0.3, 0.4) is 0 Å². The van der Waals surface area contributed by atoms with Crippen molar-refractivity contribution in [1.29, 1.82) is 0 Å². The van der Waals surface area contributed by atoms with Crippen molar-refractivity contribution in [3.05, 3.63) is 58.1 Å². The number of aryl methyl sites for hydroxylation is 1. The van der Waals surface area contributed by atoms with Gasteiger partial charge >= 0.3 is 5.97 Å². The van der Waals surface area contributed by atoms with Gasteiger partial charge in [-0.05, 0) is 111 Å². The molecule has 0 aromatic heterocycles. The van der Waals surface area contributed by atoms with Gasteiger partial charge in [0, 0.05) is 23.7 Å². The minimum Gasteiger partial charge on any atom is -0.487 e. The maximum Gasteiger partial charge on any atom is 0.306 e. The molecule has 3 aliphatic rings. The maximum atomic E-state index is 13.4. The van der Waals surface area contributed by atoms with Gasteiger partial charge in [-0.15, -0.1) is 0 Å². The van der Waals surface area contributed by atoms with E-state index >= 15 is 0 Å². The molecule has 2 aromatic carbocycles. The second-order valence-electron chi connectivity index (χ2n) is 13.0. The van der Waals surface area contributed by atoms with Crippen LogP contribution in [0.4, 0.5) is 5.69 Å². The number of fused-ring (bicyclic) bond motifs is 3. The van der Waals surface area contributed by atoms with Gasteiger partial charge in [-0.2, -0.15) is 0 Å². The molecule has 2 bridgehead atoms. The molecule has 0 saturated heterocycles. The van der Waals surface area contributed by atoms with Gasteiger partial charge in [-0.25, -0.2) is 13.1 Å². The van der Waals surface area contributed by atoms with Crippen LogP contribution in [0.1, 0.15) is 86.7 Å². The van der Waals surface area contributed by atoms with E-state index in [4.69, 9.17) is 16.3 Å². The van der Waals surface area contributed by atoms with E-state index in [0.717, 1.165) is 43.2 Å². The number of carboxylic acids is 1. The number of hydrogen-bond acceptors (Lipinski definition) is 7. The first kappa shape index (κ1) is 32.6. The highest BCUT2D eigenvalue weighted by atomic mass is 35.5. The highest BCUT2D eigenvalue weighted by molar-refractivity contribution is 7.90. The minimum absolute atomic E-state index is 0.0513. The summed E-state index contributed by atoms with van der Waals surface area (Å²) < 4.78 is 35.1. The first-order chi connectivity index (χ1) is 20.9. The van der Waals surface area contributed by atoms with Crippen molar-refractivity contribution in [2.45, 2.75) is 89.1 Å². The minimum atomic E-state index is -4.00. The molecule has 2 aromatic rings. The Bertz CT molecular complexity index is 1500. The Kier molecular flexibility index (Phi) is 9.82. The van der Waals surface area contributed by atoms with Gasteiger partial charge in [-0.1, -0.05) is 31.0 Å². The van der Waals surface area contributed by atoms with Crippen molar-refractivity contribution < 1.29 is 33.0 Å². The lowest BCUT2D eigenvalue weighted by Crippen LogP contribution is -2.52. The van der Waals surface area contributed by atoms with E-state index in [1.807, 2.05) is 18.2 Å². The number of aliphatic carboxylic acids is 1. The number of ether oxygens (including phenoxy) is 1. The van der Waals surface area contributed by atoms with Crippen LogP contribution in [0.2, 0.25) is 5.02 Å². The highest BCUT2D eigenvalue weighted by Crippen LogP contribution is 2.47. The van der Waals surface area contributed by atoms with Gasteiger partial charge in [0.15, 0.2) is 0 Å². The van der Waals surface area contributed by atoms with Crippen LogP contribution in [0.25, 0.3) is 0 Å². The van der Waals surface area contributed by atoms with Gasteiger partial charge in [-0.3, -0.25) is 9.59 Å². The van der Waals surface area contributed by atoms with Crippen LogP contribution < -0.4 is 14.4 Å². The fourth-order valence-electron chi connectivity index (χ4n) is 7.08. The Hall–Kier alpha value is -2.82. The topological polar surface area (TPSA) is 133 Å². The summed E-state index contributed by atoms with van der Waals surface area (Å²) in [7, 11) is -4.00. The van der Waals surface area contributed by atoms with Crippen molar-refractivity contribution in [3.8, 4) is 5.75 Å². The molecule has 11 heteroatoms. The molecule has 0 spiro atoms. The second kappa shape index (κ2) is 13.3. The van der Waals surface area contributed by atoms with E-state index in [1.165, 1.54) is 0 Å². The third-order valence-electron chi connectivity index (χ3n) is 10.1. The number of anilines is 1. The normalized spacial score (nSPS) is 29.5. The summed E-state index contributed by atoms with van der Waals surface area (Å²) >= 11 is 6.30. The van der Waals surface area contributed by atoms with Crippen LogP contribution >= 0.6 is 11.6 Å². The Morgan fingerprint density at radius 1 is 1.09 bits per heavy atom. The molecule has 3 N–H and O–H groups in total. The monoisotopic (exact) mass is 646 g/mol. The summed E-state index contributed by atoms with van der Waals surface area (Å²) in [5.41, 5.74) is 1.65. The zero-order valence-corrected chi connectivity index (χ0v) is 27.0. The summed E-state index contributed by atoms with van der Waals surface area (Å²) in [6.07, 6.45) is 5.02. The Morgan fingerprint density at radius 2 is 1.89 bits per heavy atom. The van der Waals surface area contributed by atoms with Crippen LogP contribution in [0, 0.1) is 17.8 Å². The Balaban J connectivity index is 1.56. The van der Waals surface area contributed by atoms with Crippen molar-refractivity contribution in [1.82, 2.24) is 4.72 Å². The zero-order valence-electron chi connectivity index (χ0n) is 25.4. The number of benzene rings is 2. The van der Waals surface area contributed by atoms with E-state index in [1.54, 1.807) is 32.0 Å². The van der Waals surface area contributed by atoms with Gasteiger partial charge in [0.05, 0.1) is 23.0 Å². The predicted molar refractivity (Wildman–Crippen MR) is 170 cm³/mol. The lowest BCUT2D eigenvalue weighted by atomic mass is 9.62. The average molecular weight is 647 g/mol. The number of rotatable bonds is 2. The van der Waals surface area contributed by atoms with Gasteiger partial charge in [0.1, 0.15) is 12.4 Å². The first-order valence-electron chi connectivity index (χ1n) is 15.7. The fraction of sp³-hybridized carbons (Fsp3) is 0.576. The lowest BCUT2D eigenvalue weighted by Gasteiger charge is -2.49. The molecule has 1 saturated carbocycles. The molecular formula is C33H43ClN2O7S. The Labute approximate surface area is 265 Å². The standard InChI is InChI=1S/C33H43ClN2O7S/c1-21-6-5-14-33(40,18-31(37)38)28-12-9-25(28)19-36-15-4-3-7-23-16-27(34)11-8-26(23)20-43-30-13-10-24(17-29(30)36)32(39)35-44(41,42)22(21)2/h8,10-11,13,16-17,21-22,25,28,40H,3-7,9,12,14-15,18-20H2,1-2H3,(H,35,39)(H,37,38)/t21-,22+,25-,28+,33+/m0/s1. The first-order valence-corrected chi connectivity index (χ1v) is 17.6. The maximum absolute atomic E-state index is 13.4. The third kappa shape index (κ3) is 7.18. The SMILES string of the molecule is C[C@@H]1[C@@H](C)CCC[C@@](O)(CC(=O)O)[C@@H]2CC[C@H]2CN2CCCCc3cc(Cl)ccc3COc3ccc(cc32)C(=O)NS1(=O)=O. The molecule has 2 heterocycles. The number of carboxylic acid groups (broad SMARTS) is 1. The largest absolute Gasteiger partial charge is 0.487 e. The van der Waals surface area contributed by atoms with Crippen LogP contribution in [-0.4, -0.2) is 54.4 Å². The fourth-order valence-corrected chi connectivity index (χ4v) is 8.58. The molecule has 5 atom stereocenters. The molecule has 1 aliphatic carbocycles. The molecule has 5 rings (SSSR count). The van der Waals surface area contributed by atoms with Crippen molar-refractivity contribution in [2.24, 2.45) is 17.8 Å². The van der Waals surface area contributed by atoms with Crippen LogP contribution in [-0.2, 0) is 27.8 Å². The molecule has 2 aliphatic heterocycles. The number of carbonyl (C=O) groups is 2. The molecule has 0 radical (unpaired) electrons. The number of sulfonamides is 1. The van der Waals surface area contributed by atoms with Gasteiger partial charge in [0.2, 0.25) is 10.0 Å². The summed E-state index contributed by atoms with van der Waals surface area (Å²) in [6, 6.07) is 10.8. The molecule has 0 unspecified atom stereocenters. The Morgan fingerprint density at radius 3 is 2.61 bits per heavy atom. The smallest absolute Gasteiger partial charge is 0.306 e. The van der Waals surface area contributed by atoms with Crippen molar-refractivity contribution in [3.63, 3.8) is 0 Å². The van der Waals surface area contributed by atoms with Gasteiger partial charge < -0.3 is 19.8 Å². The quantitative estimate of drug-likeness (QED) is 0.386. The summed E-state index contributed by atoms with van der Waals surface area (Å²) in [6.45, 7) is 4.88. The molecule has 44 heavy (non-hydrogen) atoms.